The normalized spacial score (nSPS) is 12.6. The lowest BCUT2D eigenvalue weighted by Gasteiger charge is -2.27. The van der Waals surface area contributed by atoms with Crippen molar-refractivity contribution < 1.29 is 4.79 Å². The molecule has 0 aromatic heterocycles. The second-order valence-corrected chi connectivity index (χ2v) is 4.98. The second-order valence-electron chi connectivity index (χ2n) is 4.98. The summed E-state index contributed by atoms with van der Waals surface area (Å²) < 4.78 is 0. The van der Waals surface area contributed by atoms with E-state index in [0.29, 0.717) is 6.54 Å². The number of carbonyl (C=O) groups excluding carboxylic acids is 1. The summed E-state index contributed by atoms with van der Waals surface area (Å²) in [6.45, 7) is 8.15. The number of carbonyl (C=O) groups is 1. The molecule has 0 aliphatic heterocycles. The Labute approximate surface area is 105 Å². The molecule has 0 aromatic rings. The molecule has 1 unspecified atom stereocenters. The third-order valence-electron chi connectivity index (χ3n) is 2.69. The monoisotopic (exact) mass is 239 g/mol. The fourth-order valence-corrected chi connectivity index (χ4v) is 1.61. The summed E-state index contributed by atoms with van der Waals surface area (Å²) in [6.07, 6.45) is 0.926. The third-order valence-corrected chi connectivity index (χ3v) is 2.69. The molecular weight excluding hydrogens is 214 g/mol. The van der Waals surface area contributed by atoms with E-state index in [-0.39, 0.29) is 11.8 Å². The average Bonchev–Trinajstić information content (AvgIpc) is 2.24. The van der Waals surface area contributed by atoms with E-state index in [1.165, 1.54) is 0 Å². The summed E-state index contributed by atoms with van der Waals surface area (Å²) in [4.78, 5) is 16.1. The molecular formula is C13H25N3O. The van der Waals surface area contributed by atoms with Crippen molar-refractivity contribution in [1.29, 1.82) is 5.26 Å². The Kier molecular flexibility index (Phi) is 7.56. The zero-order chi connectivity index (χ0) is 13.4. The summed E-state index contributed by atoms with van der Waals surface area (Å²) in [7, 11) is 3.97. The zero-order valence-corrected chi connectivity index (χ0v) is 11.7. The van der Waals surface area contributed by atoms with Crippen LogP contribution in [-0.4, -0.2) is 49.4 Å². The Morgan fingerprint density at radius 3 is 2.18 bits per heavy atom. The molecule has 0 bridgehead atoms. The SMILES string of the molecule is CCCN(CCN(C)C)C(=O)C(C#N)C(C)C. The van der Waals surface area contributed by atoms with E-state index < -0.39 is 5.92 Å². The standard InChI is InChI=1S/C13H25N3O/c1-6-7-16(9-8-15(4)5)13(17)12(10-14)11(2)3/h11-12H,6-9H2,1-5H3. The molecule has 0 aromatic carbocycles. The summed E-state index contributed by atoms with van der Waals surface area (Å²) in [5.74, 6) is -0.457. The topological polar surface area (TPSA) is 47.3 Å². The quantitative estimate of drug-likeness (QED) is 0.677. The van der Waals surface area contributed by atoms with Crippen LogP contribution in [0.25, 0.3) is 0 Å². The Balaban J connectivity index is 4.57. The van der Waals surface area contributed by atoms with Crippen molar-refractivity contribution >= 4 is 5.91 Å². The van der Waals surface area contributed by atoms with Gasteiger partial charge in [0.25, 0.3) is 0 Å². The first-order valence-electron chi connectivity index (χ1n) is 6.27. The Morgan fingerprint density at radius 2 is 1.82 bits per heavy atom. The first-order valence-corrected chi connectivity index (χ1v) is 6.27. The highest BCUT2D eigenvalue weighted by molar-refractivity contribution is 5.81. The number of likely N-dealkylation sites (N-methyl/N-ethyl adjacent to an activating group) is 1. The van der Waals surface area contributed by atoms with Gasteiger partial charge in [-0.3, -0.25) is 4.79 Å². The Bertz CT molecular complexity index is 268. The molecule has 0 fully saturated rings. The summed E-state index contributed by atoms with van der Waals surface area (Å²) in [5.41, 5.74) is 0. The fourth-order valence-electron chi connectivity index (χ4n) is 1.61. The fraction of sp³-hybridized carbons (Fsp3) is 0.846. The highest BCUT2D eigenvalue weighted by Crippen LogP contribution is 2.13. The maximum absolute atomic E-state index is 12.2. The van der Waals surface area contributed by atoms with Crippen molar-refractivity contribution in [3.05, 3.63) is 0 Å². The van der Waals surface area contributed by atoms with E-state index in [4.69, 9.17) is 5.26 Å². The van der Waals surface area contributed by atoms with Crippen molar-refractivity contribution in [2.75, 3.05) is 33.7 Å². The van der Waals surface area contributed by atoms with Crippen LogP contribution >= 0.6 is 0 Å². The predicted octanol–water partition coefficient (Wildman–Crippen LogP) is 1.58. The minimum atomic E-state index is -0.510. The van der Waals surface area contributed by atoms with E-state index >= 15 is 0 Å². The highest BCUT2D eigenvalue weighted by Gasteiger charge is 2.26. The molecule has 0 heterocycles. The molecule has 0 aliphatic rings. The zero-order valence-electron chi connectivity index (χ0n) is 11.7. The minimum Gasteiger partial charge on any atom is -0.340 e. The lowest BCUT2D eigenvalue weighted by Crippen LogP contribution is -2.41. The van der Waals surface area contributed by atoms with Gasteiger partial charge >= 0.3 is 0 Å². The van der Waals surface area contributed by atoms with Crippen LogP contribution in [0.15, 0.2) is 0 Å². The van der Waals surface area contributed by atoms with Crippen LogP contribution in [0.1, 0.15) is 27.2 Å². The van der Waals surface area contributed by atoms with Gasteiger partial charge in [0.2, 0.25) is 5.91 Å². The predicted molar refractivity (Wildman–Crippen MR) is 69.4 cm³/mol. The van der Waals surface area contributed by atoms with E-state index in [1.54, 1.807) is 0 Å². The third kappa shape index (κ3) is 5.69. The summed E-state index contributed by atoms with van der Waals surface area (Å²) >= 11 is 0. The Hall–Kier alpha value is -1.08. The number of rotatable bonds is 7. The average molecular weight is 239 g/mol. The smallest absolute Gasteiger partial charge is 0.240 e. The molecule has 0 aliphatic carbocycles. The van der Waals surface area contributed by atoms with Crippen molar-refractivity contribution in [2.45, 2.75) is 27.2 Å². The summed E-state index contributed by atoms with van der Waals surface area (Å²) in [6, 6.07) is 2.12. The van der Waals surface area contributed by atoms with Crippen molar-refractivity contribution in [2.24, 2.45) is 11.8 Å². The second kappa shape index (κ2) is 8.08. The number of nitrogens with zero attached hydrogens (tertiary/aromatic N) is 3. The molecule has 17 heavy (non-hydrogen) atoms. The largest absolute Gasteiger partial charge is 0.340 e. The molecule has 0 saturated carbocycles. The van der Waals surface area contributed by atoms with Crippen molar-refractivity contribution in [1.82, 2.24) is 9.80 Å². The maximum atomic E-state index is 12.2. The van der Waals surface area contributed by atoms with Gasteiger partial charge in [0.1, 0.15) is 5.92 Å². The molecule has 1 atom stereocenters. The van der Waals surface area contributed by atoms with Crippen LogP contribution in [0, 0.1) is 23.2 Å². The van der Waals surface area contributed by atoms with Gasteiger partial charge in [0, 0.05) is 19.6 Å². The molecule has 4 heteroatoms. The lowest BCUT2D eigenvalue weighted by molar-refractivity contribution is -0.135. The van der Waals surface area contributed by atoms with Gasteiger partial charge in [-0.2, -0.15) is 5.26 Å². The number of nitriles is 1. The van der Waals surface area contributed by atoms with E-state index in [2.05, 4.69) is 6.07 Å². The van der Waals surface area contributed by atoms with Gasteiger partial charge in [-0.25, -0.2) is 0 Å². The van der Waals surface area contributed by atoms with E-state index in [1.807, 2.05) is 44.7 Å². The van der Waals surface area contributed by atoms with Crippen LogP contribution in [0.4, 0.5) is 0 Å². The molecule has 98 valence electrons. The molecule has 0 rings (SSSR count). The van der Waals surface area contributed by atoms with Crippen molar-refractivity contribution in [3.63, 3.8) is 0 Å². The van der Waals surface area contributed by atoms with Gasteiger partial charge in [-0.05, 0) is 26.4 Å². The van der Waals surface area contributed by atoms with E-state index in [9.17, 15) is 4.79 Å². The lowest BCUT2D eigenvalue weighted by atomic mass is 9.96. The molecule has 0 N–H and O–H groups in total. The maximum Gasteiger partial charge on any atom is 0.240 e. The van der Waals surface area contributed by atoms with Crippen LogP contribution in [0.3, 0.4) is 0 Å². The first kappa shape index (κ1) is 15.9. The first-order chi connectivity index (χ1) is 7.93. The molecule has 0 saturated heterocycles. The minimum absolute atomic E-state index is 0.0220. The van der Waals surface area contributed by atoms with E-state index in [0.717, 1.165) is 19.5 Å². The van der Waals surface area contributed by atoms with Gasteiger partial charge in [0.15, 0.2) is 0 Å². The van der Waals surface area contributed by atoms with Crippen LogP contribution < -0.4 is 0 Å². The molecule has 4 nitrogen and oxygen atoms in total. The molecule has 1 amide bonds. The highest BCUT2D eigenvalue weighted by atomic mass is 16.2. The summed E-state index contributed by atoms with van der Waals surface area (Å²) in [5, 5.41) is 9.05. The van der Waals surface area contributed by atoms with Crippen LogP contribution in [0.2, 0.25) is 0 Å². The number of amides is 1. The van der Waals surface area contributed by atoms with Crippen LogP contribution in [-0.2, 0) is 4.79 Å². The van der Waals surface area contributed by atoms with Gasteiger partial charge in [-0.15, -0.1) is 0 Å². The Morgan fingerprint density at radius 1 is 1.24 bits per heavy atom. The molecule has 0 radical (unpaired) electrons. The number of hydrogen-bond acceptors (Lipinski definition) is 3. The molecule has 0 spiro atoms. The van der Waals surface area contributed by atoms with Gasteiger partial charge in [-0.1, -0.05) is 20.8 Å². The number of hydrogen-bond donors (Lipinski definition) is 0. The van der Waals surface area contributed by atoms with Crippen LogP contribution in [0.5, 0.6) is 0 Å². The van der Waals surface area contributed by atoms with Gasteiger partial charge < -0.3 is 9.80 Å². The van der Waals surface area contributed by atoms with Gasteiger partial charge in [0.05, 0.1) is 6.07 Å². The van der Waals surface area contributed by atoms with Crippen molar-refractivity contribution in [3.8, 4) is 6.07 Å².